The zero-order valence-electron chi connectivity index (χ0n) is 9.96. The predicted octanol–water partition coefficient (Wildman–Crippen LogP) is 2.06. The monoisotopic (exact) mass is 256 g/mol. The first-order chi connectivity index (χ1) is 8.08. The van der Waals surface area contributed by atoms with Crippen LogP contribution in [0.5, 0.6) is 0 Å². The van der Waals surface area contributed by atoms with Crippen LogP contribution in [0.25, 0.3) is 5.57 Å². The van der Waals surface area contributed by atoms with Crippen LogP contribution in [0.3, 0.4) is 0 Å². The van der Waals surface area contributed by atoms with E-state index in [4.69, 9.17) is 5.84 Å². The van der Waals surface area contributed by atoms with E-state index in [0.717, 1.165) is 22.6 Å². The van der Waals surface area contributed by atoms with Gasteiger partial charge in [0.2, 0.25) is 0 Å². The van der Waals surface area contributed by atoms with Gasteiger partial charge in [0.25, 0.3) is 0 Å². The average Bonchev–Trinajstić information content (AvgIpc) is 2.71. The van der Waals surface area contributed by atoms with Crippen LogP contribution in [0.1, 0.15) is 23.9 Å². The third kappa shape index (κ3) is 3.92. The molecule has 1 atom stereocenters. The van der Waals surface area contributed by atoms with Crippen molar-refractivity contribution in [3.63, 3.8) is 0 Å². The van der Waals surface area contributed by atoms with E-state index < -0.39 is 12.0 Å². The lowest BCUT2D eigenvalue weighted by atomic mass is 10.2. The number of nitrogens with zero attached hydrogens (tertiary/aromatic N) is 1. The molecule has 6 heteroatoms. The Morgan fingerprint density at radius 3 is 2.88 bits per heavy atom. The van der Waals surface area contributed by atoms with E-state index in [1.54, 1.807) is 6.20 Å². The molecule has 0 radical (unpaired) electrons. The SMILES string of the molecule is C=C(F)C(NN)N/C=C(\CC)c1cc(C)ns1. The normalized spacial score (nSPS) is 13.5. The number of hydrogen-bond acceptors (Lipinski definition) is 5. The van der Waals surface area contributed by atoms with Crippen LogP contribution >= 0.6 is 11.5 Å². The molecule has 0 aliphatic rings. The Labute approximate surface area is 105 Å². The molecule has 0 aliphatic heterocycles. The van der Waals surface area contributed by atoms with Gasteiger partial charge in [-0.25, -0.2) is 9.82 Å². The number of rotatable bonds is 6. The third-order valence-electron chi connectivity index (χ3n) is 2.23. The summed E-state index contributed by atoms with van der Waals surface area (Å²) in [4.78, 5) is 1.07. The van der Waals surface area contributed by atoms with Crippen molar-refractivity contribution in [2.24, 2.45) is 5.84 Å². The lowest BCUT2D eigenvalue weighted by molar-refractivity contribution is 0.445. The summed E-state index contributed by atoms with van der Waals surface area (Å²) in [5, 5.41) is 2.83. The van der Waals surface area contributed by atoms with E-state index in [2.05, 4.69) is 21.7 Å². The minimum Gasteiger partial charge on any atom is -0.369 e. The van der Waals surface area contributed by atoms with Gasteiger partial charge in [0.1, 0.15) is 12.0 Å². The number of nitrogens with two attached hydrogens (primary N) is 1. The van der Waals surface area contributed by atoms with Gasteiger partial charge in [0.05, 0.1) is 10.6 Å². The first kappa shape index (κ1) is 13.8. The molecule has 0 amide bonds. The van der Waals surface area contributed by atoms with Gasteiger partial charge in [0.15, 0.2) is 0 Å². The second kappa shape index (κ2) is 6.48. The van der Waals surface area contributed by atoms with Crippen LogP contribution in [-0.4, -0.2) is 10.5 Å². The Balaban J connectivity index is 2.77. The van der Waals surface area contributed by atoms with Crippen molar-refractivity contribution in [2.45, 2.75) is 26.4 Å². The van der Waals surface area contributed by atoms with Crippen molar-refractivity contribution in [3.05, 3.63) is 35.2 Å². The average molecular weight is 256 g/mol. The smallest absolute Gasteiger partial charge is 0.142 e. The Morgan fingerprint density at radius 2 is 2.47 bits per heavy atom. The number of allylic oxidation sites excluding steroid dienone is 1. The Morgan fingerprint density at radius 1 is 1.76 bits per heavy atom. The summed E-state index contributed by atoms with van der Waals surface area (Å²) < 4.78 is 17.1. The number of nitrogens with one attached hydrogen (secondary N) is 2. The highest BCUT2D eigenvalue weighted by atomic mass is 32.1. The third-order valence-corrected chi connectivity index (χ3v) is 3.19. The van der Waals surface area contributed by atoms with E-state index in [-0.39, 0.29) is 0 Å². The molecule has 0 aliphatic carbocycles. The van der Waals surface area contributed by atoms with Gasteiger partial charge in [0, 0.05) is 6.20 Å². The van der Waals surface area contributed by atoms with Gasteiger partial charge in [-0.2, -0.15) is 4.37 Å². The molecule has 1 heterocycles. The zero-order chi connectivity index (χ0) is 12.8. The topological polar surface area (TPSA) is 63.0 Å². The molecule has 1 aromatic rings. The fourth-order valence-electron chi connectivity index (χ4n) is 1.28. The van der Waals surface area contributed by atoms with Crippen LogP contribution in [-0.2, 0) is 0 Å². The van der Waals surface area contributed by atoms with Gasteiger partial charge >= 0.3 is 0 Å². The molecule has 1 unspecified atom stereocenters. The van der Waals surface area contributed by atoms with Crippen molar-refractivity contribution in [1.82, 2.24) is 15.1 Å². The van der Waals surface area contributed by atoms with E-state index in [9.17, 15) is 4.39 Å². The zero-order valence-corrected chi connectivity index (χ0v) is 10.8. The molecule has 94 valence electrons. The van der Waals surface area contributed by atoms with Crippen molar-refractivity contribution in [3.8, 4) is 0 Å². The molecule has 0 saturated heterocycles. The van der Waals surface area contributed by atoms with Gasteiger partial charge < -0.3 is 5.32 Å². The molecule has 1 rings (SSSR count). The van der Waals surface area contributed by atoms with Gasteiger partial charge in [-0.3, -0.25) is 5.84 Å². The first-order valence-corrected chi connectivity index (χ1v) is 6.05. The Kier molecular flexibility index (Phi) is 5.27. The van der Waals surface area contributed by atoms with Gasteiger partial charge in [-0.15, -0.1) is 0 Å². The number of hydrogen-bond donors (Lipinski definition) is 3. The molecule has 17 heavy (non-hydrogen) atoms. The number of aromatic nitrogens is 1. The fourth-order valence-corrected chi connectivity index (χ4v) is 2.11. The first-order valence-electron chi connectivity index (χ1n) is 5.27. The van der Waals surface area contributed by atoms with Crippen LogP contribution in [0.15, 0.2) is 24.7 Å². The largest absolute Gasteiger partial charge is 0.369 e. The van der Waals surface area contributed by atoms with Gasteiger partial charge in [-0.05, 0) is 36.5 Å². The Bertz CT molecular complexity index is 413. The highest BCUT2D eigenvalue weighted by Crippen LogP contribution is 2.22. The number of halogens is 1. The van der Waals surface area contributed by atoms with E-state index in [1.807, 2.05) is 19.9 Å². The van der Waals surface area contributed by atoms with Gasteiger partial charge in [-0.1, -0.05) is 13.5 Å². The molecule has 1 aromatic heterocycles. The second-order valence-corrected chi connectivity index (χ2v) is 4.37. The molecule has 0 spiro atoms. The minimum absolute atomic E-state index is 0.556. The van der Waals surface area contributed by atoms with E-state index in [0.29, 0.717) is 0 Å². The summed E-state index contributed by atoms with van der Waals surface area (Å²) >= 11 is 1.42. The summed E-state index contributed by atoms with van der Waals surface area (Å²) in [5.74, 6) is 4.64. The molecule has 0 saturated carbocycles. The van der Waals surface area contributed by atoms with E-state index >= 15 is 0 Å². The molecule has 0 bridgehead atoms. The number of hydrazine groups is 1. The fraction of sp³-hybridized carbons (Fsp3) is 0.364. The molecule has 0 aromatic carbocycles. The summed E-state index contributed by atoms with van der Waals surface area (Å²) in [6, 6.07) is 2.00. The van der Waals surface area contributed by atoms with Crippen LogP contribution in [0.2, 0.25) is 0 Å². The maximum atomic E-state index is 12.9. The molecule has 4 N–H and O–H groups in total. The molecule has 0 fully saturated rings. The second-order valence-electron chi connectivity index (χ2n) is 3.57. The lowest BCUT2D eigenvalue weighted by Gasteiger charge is -2.14. The van der Waals surface area contributed by atoms with Crippen molar-refractivity contribution >= 4 is 17.1 Å². The quantitative estimate of drug-likeness (QED) is 0.414. The van der Waals surface area contributed by atoms with Crippen LogP contribution in [0, 0.1) is 6.92 Å². The predicted molar refractivity (Wildman–Crippen MR) is 69.6 cm³/mol. The number of aryl methyl sites for hydroxylation is 1. The summed E-state index contributed by atoms with van der Waals surface area (Å²) in [6.07, 6.45) is 1.79. The molecular weight excluding hydrogens is 239 g/mol. The summed E-state index contributed by atoms with van der Waals surface area (Å²) in [6.45, 7) is 7.16. The lowest BCUT2D eigenvalue weighted by Crippen LogP contribution is -2.44. The van der Waals surface area contributed by atoms with Crippen molar-refractivity contribution < 1.29 is 4.39 Å². The standard InChI is InChI=1S/C11H17FN4S/c1-4-9(10-5-7(2)16-17-10)6-14-11(15-13)8(3)12/h5-6,11,14-15H,3-4,13H2,1-2H3/b9-6+. The summed E-state index contributed by atoms with van der Waals surface area (Å²) in [7, 11) is 0. The Hall–Kier alpha value is -1.24. The van der Waals surface area contributed by atoms with Crippen LogP contribution in [0.4, 0.5) is 4.39 Å². The highest BCUT2D eigenvalue weighted by molar-refractivity contribution is 7.07. The summed E-state index contributed by atoms with van der Waals surface area (Å²) in [5.41, 5.74) is 4.33. The van der Waals surface area contributed by atoms with Crippen molar-refractivity contribution in [2.75, 3.05) is 0 Å². The molecule has 4 nitrogen and oxygen atoms in total. The maximum absolute atomic E-state index is 12.9. The maximum Gasteiger partial charge on any atom is 0.142 e. The van der Waals surface area contributed by atoms with E-state index in [1.165, 1.54) is 11.5 Å². The highest BCUT2D eigenvalue weighted by Gasteiger charge is 2.09. The molecular formula is C11H17FN4S. The minimum atomic E-state index is -0.773. The van der Waals surface area contributed by atoms with Crippen LogP contribution < -0.4 is 16.6 Å². The van der Waals surface area contributed by atoms with Crippen molar-refractivity contribution in [1.29, 1.82) is 0 Å².